The van der Waals surface area contributed by atoms with E-state index in [1.54, 1.807) is 0 Å². The zero-order valence-electron chi connectivity index (χ0n) is 19.4. The van der Waals surface area contributed by atoms with Crippen LogP contribution in [0.25, 0.3) is 32.3 Å². The molecule has 0 amide bonds. The molecular formula is C31H30O. The molecule has 160 valence electrons. The van der Waals surface area contributed by atoms with E-state index in [0.717, 1.165) is 12.2 Å². The third-order valence-corrected chi connectivity index (χ3v) is 6.79. The maximum Gasteiger partial charge on any atom is 0.128 e. The number of benzene rings is 5. The Balaban J connectivity index is 1.49. The molecule has 1 heteroatoms. The van der Waals surface area contributed by atoms with Crippen molar-refractivity contribution in [2.45, 2.75) is 45.6 Å². The van der Waals surface area contributed by atoms with Gasteiger partial charge in [0.15, 0.2) is 0 Å². The van der Waals surface area contributed by atoms with Crippen molar-refractivity contribution >= 4 is 32.3 Å². The molecule has 0 radical (unpaired) electrons. The molecule has 1 nitrogen and oxygen atoms in total. The molecule has 32 heavy (non-hydrogen) atoms. The molecule has 0 bridgehead atoms. The van der Waals surface area contributed by atoms with Gasteiger partial charge in [-0.1, -0.05) is 62.4 Å². The Morgan fingerprint density at radius 3 is 1.78 bits per heavy atom. The minimum Gasteiger partial charge on any atom is -0.483 e. The second kappa shape index (κ2) is 7.98. The van der Waals surface area contributed by atoms with E-state index in [1.165, 1.54) is 43.4 Å². The first kappa shape index (κ1) is 20.6. The highest BCUT2D eigenvalue weighted by Gasteiger charge is 2.23. The van der Waals surface area contributed by atoms with Crippen LogP contribution in [0.3, 0.4) is 0 Å². The van der Waals surface area contributed by atoms with Crippen LogP contribution >= 0.6 is 0 Å². The zero-order valence-corrected chi connectivity index (χ0v) is 19.4. The smallest absolute Gasteiger partial charge is 0.128 e. The lowest BCUT2D eigenvalue weighted by atomic mass is 9.93. The van der Waals surface area contributed by atoms with Crippen LogP contribution in [0.1, 0.15) is 51.2 Å². The standard InChI is InChI=1S/C31H30O/c1-5-21(2)22-11-14-30(15-12-22)32-31(3,4)29-13-10-25-18-26-16-23-8-6-7-9-24(23)17-27(26)19-28(25)20-29/h6-21H,5H2,1-4H3. The Morgan fingerprint density at radius 1 is 0.656 bits per heavy atom. The van der Waals surface area contributed by atoms with Gasteiger partial charge in [0, 0.05) is 0 Å². The van der Waals surface area contributed by atoms with Crippen molar-refractivity contribution in [3.8, 4) is 5.75 Å². The molecule has 0 spiro atoms. The van der Waals surface area contributed by atoms with Gasteiger partial charge in [-0.2, -0.15) is 0 Å². The summed E-state index contributed by atoms with van der Waals surface area (Å²) in [4.78, 5) is 0. The van der Waals surface area contributed by atoms with Crippen molar-refractivity contribution in [2.24, 2.45) is 0 Å². The van der Waals surface area contributed by atoms with E-state index in [9.17, 15) is 0 Å². The normalized spacial score (nSPS) is 13.0. The second-order valence-corrected chi connectivity index (χ2v) is 9.45. The molecule has 0 aliphatic carbocycles. The molecule has 5 rings (SSSR count). The molecule has 5 aromatic rings. The van der Waals surface area contributed by atoms with Crippen LogP contribution in [0.4, 0.5) is 0 Å². The highest BCUT2D eigenvalue weighted by molar-refractivity contribution is 6.04. The molecule has 0 saturated heterocycles. The second-order valence-electron chi connectivity index (χ2n) is 9.45. The SMILES string of the molecule is CCC(C)c1ccc(OC(C)(C)c2ccc3cc4cc5ccccc5cc4cc3c2)cc1. The molecule has 0 aromatic heterocycles. The van der Waals surface area contributed by atoms with Crippen molar-refractivity contribution < 1.29 is 4.74 Å². The van der Waals surface area contributed by atoms with E-state index in [4.69, 9.17) is 4.74 Å². The summed E-state index contributed by atoms with van der Waals surface area (Å²) in [5.74, 6) is 1.48. The van der Waals surface area contributed by atoms with Crippen molar-refractivity contribution in [1.29, 1.82) is 0 Å². The Labute approximate surface area is 190 Å². The predicted octanol–water partition coefficient (Wildman–Crippen LogP) is 8.97. The van der Waals surface area contributed by atoms with E-state index >= 15 is 0 Å². The van der Waals surface area contributed by atoms with Gasteiger partial charge in [-0.25, -0.2) is 0 Å². The number of ether oxygens (including phenoxy) is 1. The van der Waals surface area contributed by atoms with Gasteiger partial charge < -0.3 is 4.74 Å². The quantitative estimate of drug-likeness (QED) is 0.259. The van der Waals surface area contributed by atoms with E-state index in [2.05, 4.69) is 119 Å². The van der Waals surface area contributed by atoms with Gasteiger partial charge in [-0.05, 0) is 112 Å². The first-order valence-electron chi connectivity index (χ1n) is 11.6. The van der Waals surface area contributed by atoms with Crippen LogP contribution in [0.5, 0.6) is 5.75 Å². The maximum atomic E-state index is 6.45. The Hall–Kier alpha value is -3.32. The summed E-state index contributed by atoms with van der Waals surface area (Å²) in [5.41, 5.74) is 2.11. The highest BCUT2D eigenvalue weighted by atomic mass is 16.5. The van der Waals surface area contributed by atoms with Crippen LogP contribution in [-0.4, -0.2) is 0 Å². The van der Waals surface area contributed by atoms with Crippen LogP contribution in [0.2, 0.25) is 0 Å². The van der Waals surface area contributed by atoms with E-state index < -0.39 is 5.60 Å². The highest BCUT2D eigenvalue weighted by Crippen LogP contribution is 2.33. The van der Waals surface area contributed by atoms with Crippen LogP contribution < -0.4 is 4.74 Å². The summed E-state index contributed by atoms with van der Waals surface area (Å²) in [5, 5.41) is 7.61. The lowest BCUT2D eigenvalue weighted by Crippen LogP contribution is -2.25. The van der Waals surface area contributed by atoms with Crippen LogP contribution in [0, 0.1) is 0 Å². The summed E-state index contributed by atoms with van der Waals surface area (Å²) in [6, 6.07) is 33.0. The summed E-state index contributed by atoms with van der Waals surface area (Å²) in [7, 11) is 0. The van der Waals surface area contributed by atoms with E-state index in [1.807, 2.05) is 0 Å². The average Bonchev–Trinajstić information content (AvgIpc) is 2.80. The van der Waals surface area contributed by atoms with Gasteiger partial charge >= 0.3 is 0 Å². The maximum absolute atomic E-state index is 6.45. The van der Waals surface area contributed by atoms with Gasteiger partial charge in [-0.3, -0.25) is 0 Å². The Bertz CT molecular complexity index is 1410. The van der Waals surface area contributed by atoms with Crippen LogP contribution in [0.15, 0.2) is 91.0 Å². The van der Waals surface area contributed by atoms with Gasteiger partial charge in [0.25, 0.3) is 0 Å². The molecule has 1 unspecified atom stereocenters. The first-order valence-corrected chi connectivity index (χ1v) is 11.6. The monoisotopic (exact) mass is 418 g/mol. The number of hydrogen-bond donors (Lipinski definition) is 0. The van der Waals surface area contributed by atoms with Crippen molar-refractivity contribution in [2.75, 3.05) is 0 Å². The summed E-state index contributed by atoms with van der Waals surface area (Å²) >= 11 is 0. The zero-order chi connectivity index (χ0) is 22.3. The van der Waals surface area contributed by atoms with Crippen molar-refractivity contribution in [3.05, 3.63) is 102 Å². The molecule has 0 N–H and O–H groups in total. The summed E-state index contributed by atoms with van der Waals surface area (Å²) < 4.78 is 6.45. The van der Waals surface area contributed by atoms with Gasteiger partial charge in [0.05, 0.1) is 0 Å². The first-order chi connectivity index (χ1) is 15.4. The minimum absolute atomic E-state index is 0.426. The van der Waals surface area contributed by atoms with Crippen molar-refractivity contribution in [1.82, 2.24) is 0 Å². The molecule has 0 heterocycles. The molecule has 1 atom stereocenters. The summed E-state index contributed by atoms with van der Waals surface area (Å²) in [6.45, 7) is 8.78. The predicted molar refractivity (Wildman–Crippen MR) is 138 cm³/mol. The summed E-state index contributed by atoms with van der Waals surface area (Å²) in [6.07, 6.45) is 1.15. The Kier molecular flexibility index (Phi) is 5.13. The average molecular weight is 419 g/mol. The van der Waals surface area contributed by atoms with Gasteiger partial charge in [0.1, 0.15) is 11.4 Å². The van der Waals surface area contributed by atoms with Gasteiger partial charge in [-0.15, -0.1) is 0 Å². The lowest BCUT2D eigenvalue weighted by Gasteiger charge is -2.28. The topological polar surface area (TPSA) is 9.23 Å². The largest absolute Gasteiger partial charge is 0.483 e. The third kappa shape index (κ3) is 3.84. The number of rotatable bonds is 5. The third-order valence-electron chi connectivity index (χ3n) is 6.79. The van der Waals surface area contributed by atoms with E-state index in [0.29, 0.717) is 5.92 Å². The van der Waals surface area contributed by atoms with Crippen molar-refractivity contribution in [3.63, 3.8) is 0 Å². The molecule has 0 aliphatic heterocycles. The number of fused-ring (bicyclic) bond motifs is 3. The molecule has 0 aliphatic rings. The fourth-order valence-corrected chi connectivity index (χ4v) is 4.52. The minimum atomic E-state index is -0.426. The fourth-order valence-electron chi connectivity index (χ4n) is 4.52. The number of hydrogen-bond acceptors (Lipinski definition) is 1. The fraction of sp³-hybridized carbons (Fsp3) is 0.226. The molecule has 5 aromatic carbocycles. The molecule has 0 fully saturated rings. The molecular weight excluding hydrogens is 388 g/mol. The molecule has 0 saturated carbocycles. The van der Waals surface area contributed by atoms with E-state index in [-0.39, 0.29) is 0 Å². The Morgan fingerprint density at radius 2 is 1.19 bits per heavy atom. The lowest BCUT2D eigenvalue weighted by molar-refractivity contribution is 0.109. The van der Waals surface area contributed by atoms with Crippen LogP contribution in [-0.2, 0) is 5.60 Å². The van der Waals surface area contributed by atoms with Gasteiger partial charge in [0.2, 0.25) is 0 Å².